The minimum absolute atomic E-state index is 0. The van der Waals surface area contributed by atoms with Crippen LogP contribution in [0.3, 0.4) is 0 Å². The Hall–Kier alpha value is -6.55. The van der Waals surface area contributed by atoms with Crippen molar-refractivity contribution >= 4 is 32.8 Å². The summed E-state index contributed by atoms with van der Waals surface area (Å²) >= 11 is 0. The number of hydrogen-bond donors (Lipinski definition) is 0. The zero-order valence-corrected chi connectivity index (χ0v) is 32.3. The number of nitrogens with zero attached hydrogens (tertiary/aromatic N) is 4. The van der Waals surface area contributed by atoms with Crippen molar-refractivity contribution in [1.29, 1.82) is 0 Å². The molecule has 0 bridgehead atoms. The Morgan fingerprint density at radius 2 is 1.39 bits per heavy atom. The van der Waals surface area contributed by atoms with Crippen molar-refractivity contribution in [3.8, 4) is 50.9 Å². The molecular formula is C51H36N4OPt-2. The van der Waals surface area contributed by atoms with E-state index in [9.17, 15) is 1.37 Å². The molecule has 0 unspecified atom stereocenters. The average Bonchev–Trinajstić information content (AvgIpc) is 3.93. The third kappa shape index (κ3) is 6.54. The molecule has 0 aliphatic carbocycles. The fourth-order valence-corrected chi connectivity index (χ4v) is 6.72. The first-order valence-corrected chi connectivity index (χ1v) is 17.4. The number of imidazole rings is 1. The Bertz CT molecular complexity index is 3890. The predicted molar refractivity (Wildman–Crippen MR) is 225 cm³/mol. The second kappa shape index (κ2) is 15.2. The zero-order valence-electron chi connectivity index (χ0n) is 47.0. The minimum Gasteiger partial charge on any atom is -0.510 e. The molecule has 0 spiro atoms. The Kier molecular flexibility index (Phi) is 5.77. The van der Waals surface area contributed by atoms with Crippen LogP contribution in [-0.4, -0.2) is 14.1 Å². The molecule has 0 fully saturated rings. The third-order valence-corrected chi connectivity index (χ3v) is 9.25. The van der Waals surface area contributed by atoms with Gasteiger partial charge in [0.05, 0.1) is 35.9 Å². The van der Waals surface area contributed by atoms with Gasteiger partial charge in [-0.1, -0.05) is 140 Å². The van der Waals surface area contributed by atoms with E-state index in [4.69, 9.17) is 26.7 Å². The van der Waals surface area contributed by atoms with Crippen LogP contribution in [0.25, 0.3) is 72.3 Å². The molecule has 0 radical (unpaired) electrons. The standard InChI is InChI=1S/C51H36N4O.Pt/c1-35(2)38-29-30-52-50(31-38)55-46-24-10-9-21-44(46)45-28-27-41(33-49(45)55)56-40-20-13-19-39(32-40)53-34-54(48-26-12-11-25-47(48)53)51-42(36-15-5-3-6-16-36)22-14-23-43(51)37-17-7-4-8-18-37;/h3-31,35H,1-2H3;/q-2;/i3D,4D,5D,6D,7D,8D,9D,10D,15D,16D,17D,18D,21D,24D,27D,28D,35D;. The van der Waals surface area contributed by atoms with Gasteiger partial charge in [0, 0.05) is 47.0 Å². The Balaban J connectivity index is 0.00000672. The molecule has 3 aromatic heterocycles. The monoisotopic (exact) mass is 932 g/mol. The second-order valence-corrected chi connectivity index (χ2v) is 12.9. The molecule has 0 N–H and O–H groups in total. The molecule has 0 aliphatic heterocycles. The molecule has 5 nitrogen and oxygen atoms in total. The molecule has 3 heterocycles. The van der Waals surface area contributed by atoms with Crippen molar-refractivity contribution < 1.29 is 53.7 Å². The smallest absolute Gasteiger partial charge is 0.268 e. The SMILES string of the molecule is [2H]c1c([2H])c([2H])c(-c2cccc(-c3c([2H])c([2H])c([2H])c([2H])c3[2H])c2-[n+]2[c-]n(-c3[c-]c(Oc4[c-]c5c(c([2H])c4[2H])c4c([2H])c([2H])c([2H])c([2H])c4n5-c4cc(C([2H])(C)C)ccn4)ccc3)c3ccccc32)c([2H])c1[2H].[Pt]. The summed E-state index contributed by atoms with van der Waals surface area (Å²) in [7, 11) is 0. The zero-order chi connectivity index (χ0) is 52.4. The molecule has 57 heavy (non-hydrogen) atoms. The quantitative estimate of drug-likeness (QED) is 0.112. The van der Waals surface area contributed by atoms with Crippen LogP contribution in [0.1, 0.15) is 48.6 Å². The first-order valence-electron chi connectivity index (χ1n) is 25.9. The first-order chi connectivity index (χ1) is 34.5. The van der Waals surface area contributed by atoms with Gasteiger partial charge in [0.25, 0.3) is 6.33 Å². The van der Waals surface area contributed by atoms with Crippen LogP contribution in [0.4, 0.5) is 0 Å². The van der Waals surface area contributed by atoms with Crippen LogP contribution in [0, 0.1) is 18.5 Å². The number of ether oxygens (including phenoxy) is 1. The molecule has 0 atom stereocenters. The summed E-state index contributed by atoms with van der Waals surface area (Å²) < 4.78 is 160. The van der Waals surface area contributed by atoms with Gasteiger partial charge in [-0.15, -0.1) is 29.6 Å². The van der Waals surface area contributed by atoms with E-state index in [1.54, 1.807) is 66.9 Å². The van der Waals surface area contributed by atoms with Gasteiger partial charge < -0.3 is 13.9 Å². The molecule has 278 valence electrons. The summed E-state index contributed by atoms with van der Waals surface area (Å²) in [4.78, 5) is 4.52. The van der Waals surface area contributed by atoms with Crippen LogP contribution < -0.4 is 9.30 Å². The molecule has 0 amide bonds. The van der Waals surface area contributed by atoms with Crippen molar-refractivity contribution in [1.82, 2.24) is 14.1 Å². The van der Waals surface area contributed by atoms with Gasteiger partial charge >= 0.3 is 0 Å². The van der Waals surface area contributed by atoms with Crippen molar-refractivity contribution in [3.63, 3.8) is 0 Å². The van der Waals surface area contributed by atoms with E-state index in [0.29, 0.717) is 16.6 Å². The maximum absolute atomic E-state index is 9.28. The van der Waals surface area contributed by atoms with Gasteiger partial charge in [0.15, 0.2) is 0 Å². The van der Waals surface area contributed by atoms with Crippen LogP contribution in [-0.2, 0) is 21.1 Å². The molecule has 0 aliphatic rings. The summed E-state index contributed by atoms with van der Waals surface area (Å²) in [6, 6.07) is 17.1. The van der Waals surface area contributed by atoms with Crippen molar-refractivity contribution in [2.24, 2.45) is 0 Å². The van der Waals surface area contributed by atoms with Crippen molar-refractivity contribution in [2.45, 2.75) is 19.7 Å². The maximum Gasteiger partial charge on any atom is 0.268 e. The number of pyridine rings is 1. The van der Waals surface area contributed by atoms with Gasteiger partial charge in [-0.05, 0) is 64.3 Å². The molecular weight excluding hydrogens is 880 g/mol. The van der Waals surface area contributed by atoms with E-state index >= 15 is 0 Å². The first kappa shape index (κ1) is 21.7. The minimum atomic E-state index is -1.09. The fourth-order valence-electron chi connectivity index (χ4n) is 6.72. The van der Waals surface area contributed by atoms with E-state index in [0.717, 1.165) is 0 Å². The summed E-state index contributed by atoms with van der Waals surface area (Å²) in [6.45, 7) is 3.36. The summed E-state index contributed by atoms with van der Waals surface area (Å²) in [5.41, 5.74) is 1.49. The molecule has 7 aromatic carbocycles. The molecule has 0 saturated heterocycles. The van der Waals surface area contributed by atoms with Crippen LogP contribution in [0.2, 0.25) is 0 Å². The van der Waals surface area contributed by atoms with E-state index in [2.05, 4.69) is 23.4 Å². The maximum atomic E-state index is 9.28. The van der Waals surface area contributed by atoms with Crippen LogP contribution >= 0.6 is 0 Å². The molecule has 10 rings (SSSR count). The Morgan fingerprint density at radius 1 is 0.684 bits per heavy atom. The largest absolute Gasteiger partial charge is 0.510 e. The van der Waals surface area contributed by atoms with Gasteiger partial charge in [0.2, 0.25) is 0 Å². The van der Waals surface area contributed by atoms with Crippen LogP contribution in [0.5, 0.6) is 11.5 Å². The third-order valence-electron chi connectivity index (χ3n) is 9.25. The normalized spacial score (nSPS) is 15.7. The van der Waals surface area contributed by atoms with Gasteiger partial charge in [-0.3, -0.25) is 4.57 Å². The van der Waals surface area contributed by atoms with E-state index in [1.807, 2.05) is 0 Å². The van der Waals surface area contributed by atoms with Crippen molar-refractivity contribution in [3.05, 3.63) is 200 Å². The number of aromatic nitrogens is 4. The van der Waals surface area contributed by atoms with Gasteiger partial charge in [-0.2, -0.15) is 18.2 Å². The molecule has 10 aromatic rings. The molecule has 6 heteroatoms. The topological polar surface area (TPSA) is 35.9 Å². The Morgan fingerprint density at radius 3 is 2.14 bits per heavy atom. The number of hydrogen-bond acceptors (Lipinski definition) is 2. The number of para-hydroxylation sites is 4. The van der Waals surface area contributed by atoms with Gasteiger partial charge in [0.1, 0.15) is 5.82 Å². The second-order valence-electron chi connectivity index (χ2n) is 12.9. The predicted octanol–water partition coefficient (Wildman–Crippen LogP) is 12.0. The summed E-state index contributed by atoms with van der Waals surface area (Å²) in [6.07, 6.45) is 4.76. The van der Waals surface area contributed by atoms with E-state index in [-0.39, 0.29) is 93.8 Å². The average molecular weight is 933 g/mol. The van der Waals surface area contributed by atoms with E-state index in [1.165, 1.54) is 39.6 Å². The number of fused-ring (bicyclic) bond motifs is 4. The number of benzene rings is 7. The van der Waals surface area contributed by atoms with E-state index < -0.39 is 103 Å². The van der Waals surface area contributed by atoms with Crippen LogP contribution in [0.15, 0.2) is 176 Å². The van der Waals surface area contributed by atoms with Crippen molar-refractivity contribution in [2.75, 3.05) is 0 Å². The molecule has 0 saturated carbocycles. The fraction of sp³-hybridized carbons (Fsp3) is 0.0588. The number of rotatable bonds is 8. The summed E-state index contributed by atoms with van der Waals surface area (Å²) in [5.74, 6) is -1.18. The van der Waals surface area contributed by atoms with Gasteiger partial charge in [-0.25, -0.2) is 4.98 Å². The Labute approximate surface area is 370 Å². The summed E-state index contributed by atoms with van der Waals surface area (Å²) in [5, 5.41) is -0.0290.